The molecular weight excluding hydrogens is 310 g/mol. The number of likely N-dealkylation sites (tertiary alicyclic amines) is 1. The van der Waals surface area contributed by atoms with Crippen LogP contribution in [0.3, 0.4) is 0 Å². The maximum atomic E-state index is 12.7. The second kappa shape index (κ2) is 7.72. The first kappa shape index (κ1) is 20.7. The summed E-state index contributed by atoms with van der Waals surface area (Å²) in [4.78, 5) is 26.8. The van der Waals surface area contributed by atoms with Crippen molar-refractivity contribution in [3.8, 4) is 0 Å². The molecule has 3 atom stereocenters. The smallest absolute Gasteiger partial charge is 0.411 e. The largest absolute Gasteiger partial charge is 0.458 e. The number of hydrogen-bond donors (Lipinski definition) is 1. The highest BCUT2D eigenvalue weighted by Crippen LogP contribution is 2.30. The first-order valence-corrected chi connectivity index (χ1v) is 8.76. The zero-order valence-corrected chi connectivity index (χ0v) is 16.1. The van der Waals surface area contributed by atoms with Crippen LogP contribution in [0.5, 0.6) is 0 Å². The molecule has 1 aliphatic rings. The molecule has 0 aromatic heterocycles. The van der Waals surface area contributed by atoms with Gasteiger partial charge in [-0.15, -0.1) is 0 Å². The van der Waals surface area contributed by atoms with Crippen molar-refractivity contribution in [1.29, 1.82) is 0 Å². The molecule has 0 aromatic rings. The van der Waals surface area contributed by atoms with E-state index in [1.165, 1.54) is 4.90 Å². The van der Waals surface area contributed by atoms with Gasteiger partial charge < -0.3 is 14.6 Å². The maximum Gasteiger partial charge on any atom is 0.411 e. The van der Waals surface area contributed by atoms with Gasteiger partial charge in [0.25, 0.3) is 0 Å². The number of esters is 1. The summed E-state index contributed by atoms with van der Waals surface area (Å²) in [6, 6.07) is -1.05. The minimum absolute atomic E-state index is 0.175. The topological polar surface area (TPSA) is 76.1 Å². The van der Waals surface area contributed by atoms with Crippen molar-refractivity contribution in [2.45, 2.75) is 104 Å². The summed E-state index contributed by atoms with van der Waals surface area (Å²) in [5, 5.41) is 10.2. The van der Waals surface area contributed by atoms with E-state index in [2.05, 4.69) is 0 Å². The van der Waals surface area contributed by atoms with Crippen molar-refractivity contribution in [3.63, 3.8) is 0 Å². The van der Waals surface area contributed by atoms with Gasteiger partial charge in [-0.3, -0.25) is 4.90 Å². The number of ether oxygens (including phenoxy) is 2. The molecule has 1 N–H and O–H groups in total. The number of carbonyl (C=O) groups is 2. The van der Waals surface area contributed by atoms with Crippen LogP contribution in [0.25, 0.3) is 0 Å². The number of carbonyl (C=O) groups excluding carboxylic acids is 2. The van der Waals surface area contributed by atoms with Gasteiger partial charge in [-0.2, -0.15) is 0 Å². The lowest BCUT2D eigenvalue weighted by atomic mass is 9.91. The summed E-state index contributed by atoms with van der Waals surface area (Å²) in [5.41, 5.74) is -1.30. The molecule has 0 bridgehead atoms. The van der Waals surface area contributed by atoms with E-state index in [1.54, 1.807) is 41.5 Å². The molecule has 1 rings (SSSR count). The van der Waals surface area contributed by atoms with E-state index in [-0.39, 0.29) is 12.5 Å². The molecule has 1 fully saturated rings. The Morgan fingerprint density at radius 3 is 2.04 bits per heavy atom. The number of rotatable bonds is 3. The highest BCUT2D eigenvalue weighted by Gasteiger charge is 2.44. The minimum atomic E-state index is -0.820. The van der Waals surface area contributed by atoms with Crippen LogP contribution in [0, 0.1) is 0 Å². The molecule has 0 unspecified atom stereocenters. The molecule has 1 saturated heterocycles. The first-order chi connectivity index (χ1) is 10.8. The van der Waals surface area contributed by atoms with Crippen LogP contribution in [-0.4, -0.2) is 51.5 Å². The molecule has 0 aliphatic carbocycles. The fraction of sp³-hybridized carbons (Fsp3) is 0.889. The van der Waals surface area contributed by atoms with Crippen LogP contribution in [0.2, 0.25) is 0 Å². The summed E-state index contributed by atoms with van der Waals surface area (Å²) in [5.74, 6) is -0.492. The Kier molecular flexibility index (Phi) is 6.67. The van der Waals surface area contributed by atoms with E-state index in [0.717, 1.165) is 6.42 Å². The van der Waals surface area contributed by atoms with Crippen molar-refractivity contribution in [3.05, 3.63) is 0 Å². The van der Waals surface area contributed by atoms with E-state index in [4.69, 9.17) is 9.47 Å². The summed E-state index contributed by atoms with van der Waals surface area (Å²) >= 11 is 0. The average molecular weight is 343 g/mol. The summed E-state index contributed by atoms with van der Waals surface area (Å²) in [6.07, 6.45) is 1.02. The van der Waals surface area contributed by atoms with Gasteiger partial charge >= 0.3 is 12.1 Å². The van der Waals surface area contributed by atoms with Crippen LogP contribution in [0.1, 0.15) is 74.1 Å². The third-order valence-electron chi connectivity index (χ3n) is 3.67. The van der Waals surface area contributed by atoms with Crippen molar-refractivity contribution in [1.82, 2.24) is 4.90 Å². The Balaban J connectivity index is 3.08. The molecule has 0 spiro atoms. The quantitative estimate of drug-likeness (QED) is 0.796. The fourth-order valence-electron chi connectivity index (χ4n) is 2.91. The van der Waals surface area contributed by atoms with Crippen molar-refractivity contribution in [2.24, 2.45) is 0 Å². The van der Waals surface area contributed by atoms with Crippen molar-refractivity contribution >= 4 is 12.1 Å². The lowest BCUT2D eigenvalue weighted by Gasteiger charge is -2.43. The van der Waals surface area contributed by atoms with Crippen molar-refractivity contribution in [2.75, 3.05) is 0 Å². The number of hydrogen-bond acceptors (Lipinski definition) is 5. The van der Waals surface area contributed by atoms with Gasteiger partial charge in [0.1, 0.15) is 17.2 Å². The first-order valence-electron chi connectivity index (χ1n) is 8.76. The van der Waals surface area contributed by atoms with Gasteiger partial charge in [-0.1, -0.05) is 13.3 Å². The van der Waals surface area contributed by atoms with Crippen LogP contribution in [0.4, 0.5) is 4.79 Å². The Hall–Kier alpha value is -1.30. The molecule has 6 nitrogen and oxygen atoms in total. The molecular formula is C18H33NO5. The highest BCUT2D eigenvalue weighted by atomic mass is 16.6. The lowest BCUT2D eigenvalue weighted by molar-refractivity contribution is -0.166. The van der Waals surface area contributed by atoms with Crippen LogP contribution >= 0.6 is 0 Å². The Labute approximate surface area is 145 Å². The van der Waals surface area contributed by atoms with Gasteiger partial charge in [0, 0.05) is 12.5 Å². The molecule has 0 aromatic carbocycles. The van der Waals surface area contributed by atoms with E-state index in [0.29, 0.717) is 12.8 Å². The zero-order chi connectivity index (χ0) is 18.7. The summed E-state index contributed by atoms with van der Waals surface area (Å²) < 4.78 is 11.0. The monoisotopic (exact) mass is 343 g/mol. The summed E-state index contributed by atoms with van der Waals surface area (Å²) in [7, 11) is 0. The van der Waals surface area contributed by atoms with E-state index < -0.39 is 35.4 Å². The molecule has 1 heterocycles. The number of piperidine rings is 1. The number of aliphatic hydroxyl groups excluding tert-OH is 1. The second-order valence-electron chi connectivity index (χ2n) is 8.50. The average Bonchev–Trinajstić information content (AvgIpc) is 2.33. The lowest BCUT2D eigenvalue weighted by Crippen LogP contribution is -2.58. The van der Waals surface area contributed by atoms with Crippen molar-refractivity contribution < 1.29 is 24.2 Å². The number of nitrogens with zero attached hydrogens (tertiary/aromatic N) is 1. The van der Waals surface area contributed by atoms with E-state index in [1.807, 2.05) is 6.92 Å². The molecule has 6 heteroatoms. The van der Waals surface area contributed by atoms with Gasteiger partial charge in [-0.25, -0.2) is 9.59 Å². The van der Waals surface area contributed by atoms with E-state index >= 15 is 0 Å². The van der Waals surface area contributed by atoms with Crippen LogP contribution in [-0.2, 0) is 14.3 Å². The molecule has 0 saturated carbocycles. The standard InChI is InChI=1S/C18H33NO5/c1-8-9-12-10-13(20)11-14(15(21)23-17(2,3)4)19(12)16(22)24-18(5,6)7/h12-14,20H,8-11H2,1-7H3/t12-,13+,14+/m1/s1. The van der Waals surface area contributed by atoms with Gasteiger partial charge in [0.2, 0.25) is 0 Å². The summed E-state index contributed by atoms with van der Waals surface area (Å²) in [6.45, 7) is 12.7. The number of aliphatic hydroxyl groups is 1. The number of amides is 1. The van der Waals surface area contributed by atoms with E-state index in [9.17, 15) is 14.7 Å². The zero-order valence-electron chi connectivity index (χ0n) is 16.1. The predicted octanol–water partition coefficient (Wildman–Crippen LogP) is 3.26. The molecule has 1 amide bonds. The Morgan fingerprint density at radius 2 is 1.58 bits per heavy atom. The van der Waals surface area contributed by atoms with Crippen LogP contribution in [0.15, 0.2) is 0 Å². The SMILES string of the molecule is CCC[C@@H]1C[C@H](O)C[C@@H](C(=O)OC(C)(C)C)N1C(=O)OC(C)(C)C. The Bertz CT molecular complexity index is 449. The molecule has 24 heavy (non-hydrogen) atoms. The molecule has 0 radical (unpaired) electrons. The normalized spacial score (nSPS) is 25.3. The third-order valence-corrected chi connectivity index (χ3v) is 3.67. The second-order valence-corrected chi connectivity index (χ2v) is 8.50. The van der Waals surface area contributed by atoms with Gasteiger partial charge in [0.15, 0.2) is 0 Å². The Morgan fingerprint density at radius 1 is 1.04 bits per heavy atom. The van der Waals surface area contributed by atoms with Crippen LogP contribution < -0.4 is 0 Å². The predicted molar refractivity (Wildman–Crippen MR) is 91.6 cm³/mol. The minimum Gasteiger partial charge on any atom is -0.458 e. The highest BCUT2D eigenvalue weighted by molar-refractivity contribution is 5.82. The van der Waals surface area contributed by atoms with Gasteiger partial charge in [-0.05, 0) is 54.4 Å². The fourth-order valence-corrected chi connectivity index (χ4v) is 2.91. The third kappa shape index (κ3) is 6.30. The maximum absolute atomic E-state index is 12.7. The molecule has 1 aliphatic heterocycles. The van der Waals surface area contributed by atoms with Gasteiger partial charge in [0.05, 0.1) is 6.10 Å². The molecule has 140 valence electrons.